The molecule has 0 saturated heterocycles. The van der Waals surface area contributed by atoms with Crippen LogP contribution in [0, 0.1) is 0 Å². The summed E-state index contributed by atoms with van der Waals surface area (Å²) in [6.45, 7) is 6.91. The van der Waals surface area contributed by atoms with Crippen LogP contribution in [-0.2, 0) is 16.1 Å². The molecule has 0 saturated carbocycles. The number of amides is 2. The van der Waals surface area contributed by atoms with Crippen molar-refractivity contribution in [1.29, 1.82) is 0 Å². The summed E-state index contributed by atoms with van der Waals surface area (Å²) in [6.07, 6.45) is 0. The van der Waals surface area contributed by atoms with Crippen LogP contribution in [-0.4, -0.2) is 56.5 Å². The fraction of sp³-hybridized carbons (Fsp3) is 0.455. The van der Waals surface area contributed by atoms with E-state index in [1.807, 2.05) is 58.2 Å². The van der Waals surface area contributed by atoms with Gasteiger partial charge in [-0.1, -0.05) is 18.2 Å². The van der Waals surface area contributed by atoms with Crippen LogP contribution in [0.3, 0.4) is 0 Å². The lowest BCUT2D eigenvalue weighted by Gasteiger charge is -2.23. The Morgan fingerprint density at radius 1 is 1.07 bits per heavy atom. The fourth-order valence-electron chi connectivity index (χ4n) is 3.05. The number of fused-ring (bicyclic) bond motifs is 1. The van der Waals surface area contributed by atoms with Crippen LogP contribution >= 0.6 is 0 Å². The third-order valence-corrected chi connectivity index (χ3v) is 4.39. The topological polar surface area (TPSA) is 63.1 Å². The number of quaternary nitrogens is 1. The number of rotatable bonds is 7. The van der Waals surface area contributed by atoms with Crippen molar-refractivity contribution in [1.82, 2.24) is 10.2 Å². The Labute approximate surface area is 167 Å². The van der Waals surface area contributed by atoms with Gasteiger partial charge in [0, 0.05) is 19.1 Å². The van der Waals surface area contributed by atoms with E-state index in [9.17, 15) is 9.59 Å². The molecule has 2 aromatic carbocycles. The molecule has 28 heavy (non-hydrogen) atoms. The first-order valence-corrected chi connectivity index (χ1v) is 9.50. The highest BCUT2D eigenvalue weighted by atomic mass is 16.5. The van der Waals surface area contributed by atoms with E-state index in [1.54, 1.807) is 19.1 Å². The summed E-state index contributed by atoms with van der Waals surface area (Å²) in [5.41, 5.74) is 0.801. The van der Waals surface area contributed by atoms with Crippen molar-refractivity contribution in [3.63, 3.8) is 0 Å². The highest BCUT2D eigenvalue weighted by molar-refractivity contribution is 5.85. The van der Waals surface area contributed by atoms with Gasteiger partial charge in [0.05, 0.1) is 14.2 Å². The summed E-state index contributed by atoms with van der Waals surface area (Å²) >= 11 is 0. The molecule has 2 N–H and O–H groups in total. The monoisotopic (exact) mass is 386 g/mol. The highest BCUT2D eigenvalue weighted by Gasteiger charge is 2.20. The van der Waals surface area contributed by atoms with Gasteiger partial charge in [0.2, 0.25) is 0 Å². The van der Waals surface area contributed by atoms with E-state index in [2.05, 4.69) is 11.4 Å². The number of benzene rings is 2. The largest absolute Gasteiger partial charge is 0.497 e. The number of nitrogens with one attached hydrogen (secondary N) is 2. The Bertz CT molecular complexity index is 843. The van der Waals surface area contributed by atoms with Crippen molar-refractivity contribution in [3.8, 4) is 5.75 Å². The molecule has 2 amide bonds. The van der Waals surface area contributed by atoms with Crippen molar-refractivity contribution in [3.05, 3.63) is 42.0 Å². The Morgan fingerprint density at radius 2 is 1.71 bits per heavy atom. The van der Waals surface area contributed by atoms with Gasteiger partial charge in [-0.25, -0.2) is 0 Å². The van der Waals surface area contributed by atoms with Crippen molar-refractivity contribution in [2.24, 2.45) is 0 Å². The summed E-state index contributed by atoms with van der Waals surface area (Å²) in [5, 5.41) is 5.14. The second-order valence-electron chi connectivity index (χ2n) is 8.41. The van der Waals surface area contributed by atoms with Gasteiger partial charge >= 0.3 is 0 Å². The lowest BCUT2D eigenvalue weighted by atomic mass is 10.1. The van der Waals surface area contributed by atoms with E-state index in [0.717, 1.165) is 27.0 Å². The minimum Gasteiger partial charge on any atom is -0.497 e. The summed E-state index contributed by atoms with van der Waals surface area (Å²) in [5.74, 6) is 0.787. The molecule has 0 bridgehead atoms. The minimum absolute atomic E-state index is 0.0101. The molecule has 0 radical (unpaired) electrons. The first kappa shape index (κ1) is 21.7. The number of likely N-dealkylation sites (N-methyl/N-ethyl adjacent to an activating group) is 2. The van der Waals surface area contributed by atoms with Crippen LogP contribution < -0.4 is 15.0 Å². The van der Waals surface area contributed by atoms with Crippen LogP contribution in [0.5, 0.6) is 5.75 Å². The van der Waals surface area contributed by atoms with Crippen LogP contribution in [0.15, 0.2) is 36.4 Å². The number of hydrogen-bond donors (Lipinski definition) is 2. The number of methoxy groups -OCH3 is 1. The van der Waals surface area contributed by atoms with Crippen molar-refractivity contribution in [2.75, 3.05) is 34.3 Å². The summed E-state index contributed by atoms with van der Waals surface area (Å²) in [7, 11) is 5.31. The van der Waals surface area contributed by atoms with Gasteiger partial charge < -0.3 is 19.9 Å². The SMILES string of the molecule is COc1ccc2cc(CN(C)C(=O)C[NH+](C)CC(=O)NC(C)(C)C)ccc2c1. The number of nitrogens with zero attached hydrogens (tertiary/aromatic N) is 1. The molecule has 0 heterocycles. The average Bonchev–Trinajstić information content (AvgIpc) is 2.59. The van der Waals surface area contributed by atoms with Crippen LogP contribution in [0.2, 0.25) is 0 Å². The normalized spacial score (nSPS) is 12.5. The van der Waals surface area contributed by atoms with E-state index >= 15 is 0 Å². The predicted molar refractivity (Wildman–Crippen MR) is 111 cm³/mol. The zero-order valence-corrected chi connectivity index (χ0v) is 17.8. The molecule has 0 aliphatic heterocycles. The molecule has 0 spiro atoms. The summed E-state index contributed by atoms with van der Waals surface area (Å²) in [6, 6.07) is 12.1. The van der Waals surface area contributed by atoms with Crippen LogP contribution in [0.1, 0.15) is 26.3 Å². The lowest BCUT2D eigenvalue weighted by molar-refractivity contribution is -0.863. The molecular weight excluding hydrogens is 354 g/mol. The lowest BCUT2D eigenvalue weighted by Crippen LogP contribution is -3.11. The number of carbonyl (C=O) groups is 2. The van der Waals surface area contributed by atoms with Gasteiger partial charge in [0.15, 0.2) is 13.1 Å². The molecule has 152 valence electrons. The molecule has 0 fully saturated rings. The number of hydrogen-bond acceptors (Lipinski definition) is 3. The number of ether oxygens (including phenoxy) is 1. The van der Waals surface area contributed by atoms with Crippen LogP contribution in [0.4, 0.5) is 0 Å². The van der Waals surface area contributed by atoms with Crippen molar-refractivity contribution in [2.45, 2.75) is 32.9 Å². The zero-order chi connectivity index (χ0) is 20.9. The predicted octanol–water partition coefficient (Wildman–Crippen LogP) is 1.24. The molecule has 0 aliphatic rings. The van der Waals surface area contributed by atoms with Gasteiger partial charge in [-0.05, 0) is 55.3 Å². The van der Waals surface area contributed by atoms with Gasteiger partial charge in [0.1, 0.15) is 5.75 Å². The molecule has 2 rings (SSSR count). The molecule has 0 aromatic heterocycles. The average molecular weight is 387 g/mol. The maximum absolute atomic E-state index is 12.5. The molecule has 1 unspecified atom stereocenters. The molecule has 6 nitrogen and oxygen atoms in total. The Kier molecular flexibility index (Phi) is 7.02. The Balaban J connectivity index is 1.92. The summed E-state index contributed by atoms with van der Waals surface area (Å²) in [4.78, 5) is 27.1. The molecule has 6 heteroatoms. The summed E-state index contributed by atoms with van der Waals surface area (Å²) < 4.78 is 5.26. The third-order valence-electron chi connectivity index (χ3n) is 4.39. The van der Waals surface area contributed by atoms with E-state index in [-0.39, 0.29) is 30.4 Å². The van der Waals surface area contributed by atoms with E-state index < -0.39 is 0 Å². The van der Waals surface area contributed by atoms with Crippen LogP contribution in [0.25, 0.3) is 10.8 Å². The minimum atomic E-state index is -0.266. The van der Waals surface area contributed by atoms with Gasteiger partial charge in [-0.3, -0.25) is 9.59 Å². The van der Waals surface area contributed by atoms with E-state index in [0.29, 0.717) is 6.54 Å². The highest BCUT2D eigenvalue weighted by Crippen LogP contribution is 2.22. The zero-order valence-electron chi connectivity index (χ0n) is 17.8. The molecule has 1 atom stereocenters. The van der Waals surface area contributed by atoms with Gasteiger partial charge in [0.25, 0.3) is 11.8 Å². The quantitative estimate of drug-likeness (QED) is 0.753. The van der Waals surface area contributed by atoms with Gasteiger partial charge in [-0.2, -0.15) is 0 Å². The fourth-order valence-corrected chi connectivity index (χ4v) is 3.05. The smallest absolute Gasteiger partial charge is 0.277 e. The maximum Gasteiger partial charge on any atom is 0.277 e. The molecule has 2 aromatic rings. The second-order valence-corrected chi connectivity index (χ2v) is 8.41. The maximum atomic E-state index is 12.5. The van der Waals surface area contributed by atoms with E-state index in [1.165, 1.54) is 0 Å². The van der Waals surface area contributed by atoms with Crippen molar-refractivity contribution >= 4 is 22.6 Å². The Hall–Kier alpha value is -2.60. The Morgan fingerprint density at radius 3 is 2.36 bits per heavy atom. The van der Waals surface area contributed by atoms with Crippen molar-refractivity contribution < 1.29 is 19.2 Å². The standard InChI is InChI=1S/C22H31N3O3/c1-22(2,3)23-20(26)14-24(4)15-21(27)25(5)13-16-7-8-18-12-19(28-6)10-9-17(18)11-16/h7-12H,13-15H2,1-6H3,(H,23,26)/p+1. The first-order valence-electron chi connectivity index (χ1n) is 9.50. The molecule has 0 aliphatic carbocycles. The third kappa shape index (κ3) is 6.53. The number of carbonyl (C=O) groups excluding carboxylic acids is 2. The second kappa shape index (κ2) is 9.06. The van der Waals surface area contributed by atoms with E-state index in [4.69, 9.17) is 4.74 Å². The first-order chi connectivity index (χ1) is 13.1. The molecular formula is C22H32N3O3+. The van der Waals surface area contributed by atoms with Gasteiger partial charge in [-0.15, -0.1) is 0 Å².